The summed E-state index contributed by atoms with van der Waals surface area (Å²) in [6.07, 6.45) is 12.3. The van der Waals surface area contributed by atoms with Gasteiger partial charge in [-0.05, 0) is 83.6 Å². The van der Waals surface area contributed by atoms with E-state index in [1.807, 2.05) is 11.3 Å². The Labute approximate surface area is 288 Å². The third-order valence-electron chi connectivity index (χ3n) is 10.3. The first kappa shape index (κ1) is 28.4. The average molecular weight is 648 g/mol. The summed E-state index contributed by atoms with van der Waals surface area (Å²) in [7, 11) is 0. The van der Waals surface area contributed by atoms with Gasteiger partial charge in [0, 0.05) is 53.7 Å². The molecule has 49 heavy (non-hydrogen) atoms. The molecular weight excluding hydrogens is 615 g/mol. The van der Waals surface area contributed by atoms with Crippen molar-refractivity contribution in [2.24, 2.45) is 0 Å². The summed E-state index contributed by atoms with van der Waals surface area (Å²) < 4.78 is 9.16. The lowest BCUT2D eigenvalue weighted by atomic mass is 9.89. The minimum Gasteiger partial charge on any atom is -0.456 e. The van der Waals surface area contributed by atoms with Crippen molar-refractivity contribution in [3.63, 3.8) is 0 Å². The normalized spacial score (nSPS) is 15.9. The number of allylic oxidation sites excluding steroid dienone is 3. The van der Waals surface area contributed by atoms with Gasteiger partial charge in [0.05, 0.1) is 5.69 Å². The van der Waals surface area contributed by atoms with Crippen LogP contribution in [0.25, 0.3) is 64.8 Å². The van der Waals surface area contributed by atoms with Crippen molar-refractivity contribution >= 4 is 70.7 Å². The Bertz CT molecular complexity index is 2770. The second kappa shape index (κ2) is 11.5. The van der Waals surface area contributed by atoms with E-state index in [0.29, 0.717) is 5.92 Å². The average Bonchev–Trinajstić information content (AvgIpc) is 3.74. The molecule has 0 amide bonds. The van der Waals surface area contributed by atoms with Crippen LogP contribution in [0.1, 0.15) is 30.7 Å². The van der Waals surface area contributed by atoms with E-state index in [2.05, 4.69) is 163 Å². The van der Waals surface area contributed by atoms with Gasteiger partial charge in [-0.25, -0.2) is 0 Å². The molecule has 1 unspecified atom stereocenters. The quantitative estimate of drug-likeness (QED) is 0.185. The maximum atomic E-state index is 6.46. The van der Waals surface area contributed by atoms with Gasteiger partial charge >= 0.3 is 0 Å². The molecule has 2 aliphatic rings. The molecule has 6 aromatic carbocycles. The number of para-hydroxylation sites is 2. The number of benzene rings is 6. The Hall–Kier alpha value is -5.64. The van der Waals surface area contributed by atoms with Crippen LogP contribution in [0.5, 0.6) is 0 Å². The number of anilines is 1. The van der Waals surface area contributed by atoms with Gasteiger partial charge in [0.2, 0.25) is 0 Å². The first-order valence-electron chi connectivity index (χ1n) is 17.2. The van der Waals surface area contributed by atoms with Crippen molar-refractivity contribution in [3.8, 4) is 11.1 Å². The van der Waals surface area contributed by atoms with Crippen LogP contribution < -0.4 is 15.5 Å². The molecule has 8 aromatic rings. The Balaban J connectivity index is 1.15. The van der Waals surface area contributed by atoms with E-state index in [1.165, 1.54) is 75.3 Å². The van der Waals surface area contributed by atoms with E-state index in [1.54, 1.807) is 0 Å². The molecule has 2 aromatic heterocycles. The second-order valence-corrected chi connectivity index (χ2v) is 14.2. The van der Waals surface area contributed by atoms with Crippen LogP contribution in [0.3, 0.4) is 0 Å². The summed E-state index contributed by atoms with van der Waals surface area (Å²) in [5.41, 5.74) is 9.44. The highest BCUT2D eigenvalue weighted by Crippen LogP contribution is 2.42. The van der Waals surface area contributed by atoms with Gasteiger partial charge in [-0.2, -0.15) is 0 Å². The zero-order chi connectivity index (χ0) is 32.3. The van der Waals surface area contributed by atoms with Crippen molar-refractivity contribution in [1.82, 2.24) is 0 Å². The van der Waals surface area contributed by atoms with Crippen molar-refractivity contribution in [3.05, 3.63) is 174 Å². The molecule has 1 atom stereocenters. The highest BCUT2D eigenvalue weighted by molar-refractivity contribution is 7.25. The maximum Gasteiger partial charge on any atom is 0.135 e. The lowest BCUT2D eigenvalue weighted by Gasteiger charge is -2.33. The van der Waals surface area contributed by atoms with E-state index in [4.69, 9.17) is 4.42 Å². The fraction of sp³-hybridized carbons (Fsp3) is 0.0870. The van der Waals surface area contributed by atoms with Gasteiger partial charge in [0.1, 0.15) is 11.0 Å². The van der Waals surface area contributed by atoms with Gasteiger partial charge in [-0.1, -0.05) is 115 Å². The van der Waals surface area contributed by atoms with Crippen molar-refractivity contribution in [2.45, 2.75) is 25.2 Å². The summed E-state index contributed by atoms with van der Waals surface area (Å²) in [4.78, 5) is 2.53. The molecule has 2 heterocycles. The summed E-state index contributed by atoms with van der Waals surface area (Å²) >= 11 is 1.88. The first-order chi connectivity index (χ1) is 24.3. The van der Waals surface area contributed by atoms with Crippen LogP contribution in [0, 0.1) is 0 Å². The van der Waals surface area contributed by atoms with Crippen LogP contribution in [0.15, 0.2) is 162 Å². The smallest absolute Gasteiger partial charge is 0.135 e. The van der Waals surface area contributed by atoms with Crippen LogP contribution >= 0.6 is 11.3 Å². The molecule has 3 heteroatoms. The standard InChI is InChI=1S/C46H33NOS/c1-2-13-34-31(11-1)12-9-17-35(34)36-14-3-6-18-40(36)47(41-19-10-21-43-46(41)38-16-4-7-20-42(38)48-43)33-26-23-30(24-27-33)32-25-28-45-39(29-32)37-15-5-8-22-44(37)49-45/h1-9,11-18,20-23,25-30H,10,19,24H2. The first-order valence-corrected chi connectivity index (χ1v) is 18.0. The fourth-order valence-corrected chi connectivity index (χ4v) is 9.07. The van der Waals surface area contributed by atoms with E-state index in [0.717, 1.165) is 30.3 Å². The summed E-state index contributed by atoms with van der Waals surface area (Å²) in [6, 6.07) is 48.6. The van der Waals surface area contributed by atoms with Crippen LogP contribution in [0.2, 0.25) is 0 Å². The zero-order valence-electron chi connectivity index (χ0n) is 27.0. The number of thiophene rings is 1. The number of hydrogen-bond donors (Lipinski definition) is 0. The molecule has 0 saturated carbocycles. The Morgan fingerprint density at radius 2 is 1.39 bits per heavy atom. The Morgan fingerprint density at radius 3 is 2.31 bits per heavy atom. The molecular formula is C46H33NOS. The molecule has 0 N–H and O–H groups in total. The van der Waals surface area contributed by atoms with Gasteiger partial charge in [0.15, 0.2) is 0 Å². The molecule has 10 rings (SSSR count). The summed E-state index contributed by atoms with van der Waals surface area (Å²) in [5, 5.41) is 7.61. The molecule has 0 fully saturated rings. The number of furan rings is 1. The van der Waals surface area contributed by atoms with Crippen molar-refractivity contribution in [2.75, 3.05) is 4.90 Å². The molecule has 2 nitrogen and oxygen atoms in total. The Morgan fingerprint density at radius 1 is 0.633 bits per heavy atom. The number of rotatable bonds is 5. The van der Waals surface area contributed by atoms with E-state index in [9.17, 15) is 0 Å². The van der Waals surface area contributed by atoms with E-state index in [-0.39, 0.29) is 0 Å². The zero-order valence-corrected chi connectivity index (χ0v) is 27.8. The third-order valence-corrected chi connectivity index (χ3v) is 11.4. The molecule has 0 radical (unpaired) electrons. The monoisotopic (exact) mass is 647 g/mol. The summed E-state index contributed by atoms with van der Waals surface area (Å²) in [6.45, 7) is 0. The largest absolute Gasteiger partial charge is 0.456 e. The highest BCUT2D eigenvalue weighted by atomic mass is 32.1. The van der Waals surface area contributed by atoms with Gasteiger partial charge in [-0.3, -0.25) is 0 Å². The maximum absolute atomic E-state index is 6.46. The molecule has 0 bridgehead atoms. The number of fused-ring (bicyclic) bond motifs is 7. The number of hydrogen-bond acceptors (Lipinski definition) is 3. The number of nitrogens with zero attached hydrogens (tertiary/aromatic N) is 1. The van der Waals surface area contributed by atoms with Crippen molar-refractivity contribution in [1.29, 1.82) is 0 Å². The Kier molecular flexibility index (Phi) is 6.66. The van der Waals surface area contributed by atoms with E-state index >= 15 is 0 Å². The van der Waals surface area contributed by atoms with Crippen LogP contribution in [-0.4, -0.2) is 0 Å². The van der Waals surface area contributed by atoms with Crippen LogP contribution in [-0.2, 0) is 0 Å². The van der Waals surface area contributed by atoms with Gasteiger partial charge in [0.25, 0.3) is 0 Å². The molecule has 234 valence electrons. The van der Waals surface area contributed by atoms with Gasteiger partial charge in [-0.15, -0.1) is 11.3 Å². The molecule has 0 saturated heterocycles. The predicted molar refractivity (Wildman–Crippen MR) is 208 cm³/mol. The second-order valence-electron chi connectivity index (χ2n) is 13.1. The topological polar surface area (TPSA) is 16.4 Å². The highest BCUT2D eigenvalue weighted by Gasteiger charge is 2.26. The summed E-state index contributed by atoms with van der Waals surface area (Å²) in [5.74, 6) is 0.317. The molecule has 0 spiro atoms. The lowest BCUT2D eigenvalue weighted by molar-refractivity contribution is 0.570. The van der Waals surface area contributed by atoms with Crippen LogP contribution in [0.4, 0.5) is 5.69 Å². The van der Waals surface area contributed by atoms with Gasteiger partial charge < -0.3 is 9.32 Å². The lowest BCUT2D eigenvalue weighted by Crippen LogP contribution is -2.35. The third kappa shape index (κ3) is 4.68. The minimum absolute atomic E-state index is 0.317. The molecule has 2 aliphatic carbocycles. The fourth-order valence-electron chi connectivity index (χ4n) is 7.99. The minimum atomic E-state index is 0.317. The van der Waals surface area contributed by atoms with E-state index < -0.39 is 0 Å². The molecule has 0 aliphatic heterocycles. The predicted octanol–water partition coefficient (Wildman–Crippen LogP) is 11.4. The van der Waals surface area contributed by atoms with Crippen molar-refractivity contribution < 1.29 is 4.42 Å². The SMILES string of the molecule is C1=CC(c2ccc3sc4ccccc4c3c2)CC=C1N(C1=c2c(oc3ccccc23)=CCC1)c1ccccc1-c1cccc2ccccc12.